The summed E-state index contributed by atoms with van der Waals surface area (Å²) in [6.45, 7) is 1.46. The molecule has 7 heteroatoms. The number of carbonyl (C=O) groups is 3. The van der Waals surface area contributed by atoms with Crippen molar-refractivity contribution in [2.45, 2.75) is 31.3 Å². The second kappa shape index (κ2) is 4.15. The third-order valence-corrected chi connectivity index (χ3v) is 3.64. The molecule has 0 aromatic heterocycles. The minimum Gasteiger partial charge on any atom is -0.480 e. The Bertz CT molecular complexity index is 406. The van der Waals surface area contributed by atoms with Gasteiger partial charge in [0.1, 0.15) is 18.2 Å². The number of nitrogens with zero attached hydrogens (tertiary/aromatic N) is 1. The van der Waals surface area contributed by atoms with Crippen LogP contribution in [0.4, 0.5) is 4.79 Å². The van der Waals surface area contributed by atoms with Crippen molar-refractivity contribution in [3.63, 3.8) is 0 Å². The summed E-state index contributed by atoms with van der Waals surface area (Å²) >= 11 is 0. The zero-order valence-corrected chi connectivity index (χ0v) is 10.3. The molecule has 0 spiro atoms. The number of carboxylic acids is 1. The van der Waals surface area contributed by atoms with Crippen molar-refractivity contribution in [3.05, 3.63) is 0 Å². The Morgan fingerprint density at radius 1 is 1.50 bits per heavy atom. The van der Waals surface area contributed by atoms with Gasteiger partial charge in [0.25, 0.3) is 0 Å². The zero-order valence-electron chi connectivity index (χ0n) is 10.3. The van der Waals surface area contributed by atoms with E-state index in [9.17, 15) is 19.5 Å². The van der Waals surface area contributed by atoms with Gasteiger partial charge in [-0.2, -0.15) is 0 Å². The van der Waals surface area contributed by atoms with Crippen LogP contribution in [0, 0.1) is 5.92 Å². The predicted octanol–water partition coefficient (Wildman–Crippen LogP) is -0.194. The maximum absolute atomic E-state index is 12.0. The van der Waals surface area contributed by atoms with Gasteiger partial charge in [0.15, 0.2) is 0 Å². The summed E-state index contributed by atoms with van der Waals surface area (Å²) in [5.74, 6) is -1.58. The number of carbonyl (C=O) groups excluding carboxylic acids is 2. The largest absolute Gasteiger partial charge is 0.480 e. The van der Waals surface area contributed by atoms with Crippen LogP contribution in [0.3, 0.4) is 0 Å². The standard InChI is InChI=1S/C11H16N2O5/c1-11(9(15)16,6-3-4-6)12-8(14)7-5-18-10(17)13(7)2/h6-7H,3-5H2,1-2H3,(H,12,14)(H,15,16). The van der Waals surface area contributed by atoms with E-state index < -0.39 is 29.6 Å². The second-order valence-electron chi connectivity index (χ2n) is 4.97. The third-order valence-electron chi connectivity index (χ3n) is 3.64. The minimum absolute atomic E-state index is 0.0396. The number of aliphatic carboxylic acids is 1. The van der Waals surface area contributed by atoms with Crippen molar-refractivity contribution in [1.29, 1.82) is 0 Å². The predicted molar refractivity (Wildman–Crippen MR) is 59.8 cm³/mol. The molecule has 2 rings (SSSR count). The Labute approximate surface area is 104 Å². The first-order chi connectivity index (χ1) is 8.36. The van der Waals surface area contributed by atoms with Crippen LogP contribution in [0.25, 0.3) is 0 Å². The Morgan fingerprint density at radius 3 is 2.50 bits per heavy atom. The van der Waals surface area contributed by atoms with E-state index in [4.69, 9.17) is 4.74 Å². The number of cyclic esters (lactones) is 1. The molecule has 0 aromatic carbocycles. The topological polar surface area (TPSA) is 95.9 Å². The molecule has 2 amide bonds. The highest BCUT2D eigenvalue weighted by atomic mass is 16.6. The minimum atomic E-state index is -1.26. The highest BCUT2D eigenvalue weighted by Crippen LogP contribution is 2.39. The summed E-state index contributed by atoms with van der Waals surface area (Å²) in [7, 11) is 1.45. The van der Waals surface area contributed by atoms with Crippen molar-refractivity contribution in [2.75, 3.05) is 13.7 Å². The molecule has 1 heterocycles. The van der Waals surface area contributed by atoms with Gasteiger partial charge in [-0.1, -0.05) is 0 Å². The molecule has 18 heavy (non-hydrogen) atoms. The molecule has 0 bridgehead atoms. The lowest BCUT2D eigenvalue weighted by Gasteiger charge is -2.28. The van der Waals surface area contributed by atoms with E-state index in [2.05, 4.69) is 5.32 Å². The van der Waals surface area contributed by atoms with Gasteiger partial charge < -0.3 is 15.2 Å². The number of hydrogen-bond acceptors (Lipinski definition) is 4. The fourth-order valence-corrected chi connectivity index (χ4v) is 2.07. The fraction of sp³-hybridized carbons (Fsp3) is 0.727. The van der Waals surface area contributed by atoms with Crippen molar-refractivity contribution in [3.8, 4) is 0 Å². The van der Waals surface area contributed by atoms with Crippen molar-refractivity contribution in [2.24, 2.45) is 5.92 Å². The highest BCUT2D eigenvalue weighted by Gasteiger charge is 2.50. The number of carboxylic acid groups (broad SMARTS) is 1. The van der Waals surface area contributed by atoms with Gasteiger partial charge in [0.05, 0.1) is 0 Å². The molecule has 0 aromatic rings. The monoisotopic (exact) mass is 256 g/mol. The molecular formula is C11H16N2O5. The van der Waals surface area contributed by atoms with Crippen molar-refractivity contribution in [1.82, 2.24) is 10.2 Å². The maximum Gasteiger partial charge on any atom is 0.410 e. The van der Waals surface area contributed by atoms with E-state index in [0.717, 1.165) is 12.8 Å². The van der Waals surface area contributed by atoms with Gasteiger partial charge in [-0.05, 0) is 25.7 Å². The van der Waals surface area contributed by atoms with Gasteiger partial charge in [-0.3, -0.25) is 9.69 Å². The van der Waals surface area contributed by atoms with Crippen LogP contribution in [0.2, 0.25) is 0 Å². The molecule has 1 aliphatic heterocycles. The number of likely N-dealkylation sites (N-methyl/N-ethyl adjacent to an activating group) is 1. The van der Waals surface area contributed by atoms with Gasteiger partial charge in [-0.25, -0.2) is 9.59 Å². The van der Waals surface area contributed by atoms with E-state index in [1.165, 1.54) is 18.9 Å². The Hall–Kier alpha value is -1.79. The molecule has 2 atom stereocenters. The number of ether oxygens (including phenoxy) is 1. The van der Waals surface area contributed by atoms with E-state index in [1.54, 1.807) is 0 Å². The summed E-state index contributed by atoms with van der Waals surface area (Å²) in [5.41, 5.74) is -1.26. The summed E-state index contributed by atoms with van der Waals surface area (Å²) in [5, 5.41) is 11.8. The maximum atomic E-state index is 12.0. The smallest absolute Gasteiger partial charge is 0.410 e. The number of hydrogen-bond donors (Lipinski definition) is 2. The molecule has 2 aliphatic rings. The molecule has 1 aliphatic carbocycles. The van der Waals surface area contributed by atoms with Crippen LogP contribution in [-0.2, 0) is 14.3 Å². The lowest BCUT2D eigenvalue weighted by atomic mass is 9.95. The number of amides is 2. The first-order valence-electron chi connectivity index (χ1n) is 5.81. The van der Waals surface area contributed by atoms with E-state index in [-0.39, 0.29) is 12.5 Å². The molecule has 7 nitrogen and oxygen atoms in total. The lowest BCUT2D eigenvalue weighted by Crippen LogP contribution is -2.58. The Morgan fingerprint density at radius 2 is 2.11 bits per heavy atom. The van der Waals surface area contributed by atoms with Crippen LogP contribution >= 0.6 is 0 Å². The molecule has 100 valence electrons. The second-order valence-corrected chi connectivity index (χ2v) is 4.97. The van der Waals surface area contributed by atoms with Crippen LogP contribution in [0.1, 0.15) is 19.8 Å². The summed E-state index contributed by atoms with van der Waals surface area (Å²) in [4.78, 5) is 35.6. The molecule has 2 unspecified atom stereocenters. The van der Waals surface area contributed by atoms with Crippen LogP contribution < -0.4 is 5.32 Å². The van der Waals surface area contributed by atoms with Crippen molar-refractivity contribution < 1.29 is 24.2 Å². The molecule has 2 fully saturated rings. The first-order valence-corrected chi connectivity index (χ1v) is 5.81. The molecule has 1 saturated carbocycles. The van der Waals surface area contributed by atoms with E-state index in [0.29, 0.717) is 0 Å². The molecule has 0 radical (unpaired) electrons. The average molecular weight is 256 g/mol. The summed E-state index contributed by atoms with van der Waals surface area (Å²) < 4.78 is 4.73. The van der Waals surface area contributed by atoms with Crippen LogP contribution in [0.5, 0.6) is 0 Å². The fourth-order valence-electron chi connectivity index (χ4n) is 2.07. The van der Waals surface area contributed by atoms with E-state index in [1.807, 2.05) is 0 Å². The number of rotatable bonds is 4. The lowest BCUT2D eigenvalue weighted by molar-refractivity contribution is -0.148. The van der Waals surface area contributed by atoms with Crippen LogP contribution in [0.15, 0.2) is 0 Å². The highest BCUT2D eigenvalue weighted by molar-refractivity contribution is 5.92. The van der Waals surface area contributed by atoms with Gasteiger partial charge in [0, 0.05) is 7.05 Å². The van der Waals surface area contributed by atoms with E-state index >= 15 is 0 Å². The van der Waals surface area contributed by atoms with Crippen LogP contribution in [-0.4, -0.2) is 53.2 Å². The number of nitrogens with one attached hydrogen (secondary N) is 1. The first kappa shape index (κ1) is 12.7. The third kappa shape index (κ3) is 2.00. The normalized spacial score (nSPS) is 26.4. The molecule has 2 N–H and O–H groups in total. The van der Waals surface area contributed by atoms with Crippen molar-refractivity contribution >= 4 is 18.0 Å². The van der Waals surface area contributed by atoms with Gasteiger partial charge in [-0.15, -0.1) is 0 Å². The molecule has 1 saturated heterocycles. The molecular weight excluding hydrogens is 240 g/mol. The Balaban J connectivity index is 2.06. The average Bonchev–Trinajstić information content (AvgIpc) is 3.08. The Kier molecular flexibility index (Phi) is 2.92. The zero-order chi connectivity index (χ0) is 13.5. The quantitative estimate of drug-likeness (QED) is 0.726. The summed E-state index contributed by atoms with van der Waals surface area (Å²) in [6.07, 6.45) is 1.01. The van der Waals surface area contributed by atoms with Gasteiger partial charge >= 0.3 is 12.1 Å². The SMILES string of the molecule is CN1C(=O)OCC1C(=O)NC(C)(C(=O)O)C1CC1. The summed E-state index contributed by atoms with van der Waals surface area (Å²) in [6, 6.07) is -0.755. The van der Waals surface area contributed by atoms with Gasteiger partial charge in [0.2, 0.25) is 5.91 Å².